The highest BCUT2D eigenvalue weighted by atomic mass is 16.1. The number of hydrogen-bond donors (Lipinski definition) is 0. The summed E-state index contributed by atoms with van der Waals surface area (Å²) in [4.78, 5) is 14.8. The third-order valence-corrected chi connectivity index (χ3v) is 1.85. The molecule has 0 aliphatic heterocycles. The van der Waals surface area contributed by atoms with Gasteiger partial charge in [0, 0.05) is 18.8 Å². The molecule has 2 nitrogen and oxygen atoms in total. The summed E-state index contributed by atoms with van der Waals surface area (Å²) in [5.74, 6) is 0.516. The van der Waals surface area contributed by atoms with Crippen molar-refractivity contribution in [1.29, 1.82) is 0 Å². The number of Topliss-reactive ketones (excluding diaryl/α,β-unsaturated/α-hetero) is 1. The lowest BCUT2D eigenvalue weighted by atomic mass is 9.98. The Morgan fingerprint density at radius 2 is 2.42 bits per heavy atom. The monoisotopic (exact) mass is 163 g/mol. The van der Waals surface area contributed by atoms with Crippen molar-refractivity contribution in [3.05, 3.63) is 30.1 Å². The standard InChI is InChI=1S/C10H13NO/c1-8(6-9(2)12)10-4-3-5-11-7-10/h3-5,7-8H,6H2,1-2H3/t8-/m0/s1. The first-order valence-corrected chi connectivity index (χ1v) is 4.09. The van der Waals surface area contributed by atoms with Crippen molar-refractivity contribution in [2.24, 2.45) is 0 Å². The van der Waals surface area contributed by atoms with Crippen molar-refractivity contribution in [3.63, 3.8) is 0 Å². The van der Waals surface area contributed by atoms with Crippen LogP contribution < -0.4 is 0 Å². The molecule has 0 aromatic carbocycles. The van der Waals surface area contributed by atoms with Crippen molar-refractivity contribution in [2.45, 2.75) is 26.2 Å². The molecule has 0 unspecified atom stereocenters. The van der Waals surface area contributed by atoms with Gasteiger partial charge in [0.25, 0.3) is 0 Å². The number of rotatable bonds is 3. The second-order valence-corrected chi connectivity index (χ2v) is 3.09. The van der Waals surface area contributed by atoms with Crippen LogP contribution >= 0.6 is 0 Å². The van der Waals surface area contributed by atoms with Crippen LogP contribution in [-0.4, -0.2) is 10.8 Å². The Labute approximate surface area is 72.6 Å². The highest BCUT2D eigenvalue weighted by molar-refractivity contribution is 5.76. The quantitative estimate of drug-likeness (QED) is 0.683. The molecule has 0 amide bonds. The Kier molecular flexibility index (Phi) is 2.97. The van der Waals surface area contributed by atoms with Gasteiger partial charge in [0.2, 0.25) is 0 Å². The van der Waals surface area contributed by atoms with Crippen LogP contribution in [0.1, 0.15) is 31.7 Å². The van der Waals surface area contributed by atoms with E-state index in [1.54, 1.807) is 13.1 Å². The first kappa shape index (κ1) is 8.91. The molecular weight excluding hydrogens is 150 g/mol. The molecule has 0 aliphatic rings. The zero-order valence-corrected chi connectivity index (χ0v) is 7.45. The first-order valence-electron chi connectivity index (χ1n) is 4.09. The van der Waals surface area contributed by atoms with Gasteiger partial charge >= 0.3 is 0 Å². The van der Waals surface area contributed by atoms with Gasteiger partial charge in [-0.05, 0) is 24.5 Å². The van der Waals surface area contributed by atoms with Crippen LogP contribution in [0, 0.1) is 0 Å². The molecule has 0 N–H and O–H groups in total. The number of nitrogens with zero attached hydrogens (tertiary/aromatic N) is 1. The molecule has 0 radical (unpaired) electrons. The summed E-state index contributed by atoms with van der Waals surface area (Å²) in [6, 6.07) is 3.90. The number of aromatic nitrogens is 1. The molecular formula is C10H13NO. The van der Waals surface area contributed by atoms with E-state index in [1.807, 2.05) is 25.3 Å². The molecule has 0 fully saturated rings. The zero-order valence-electron chi connectivity index (χ0n) is 7.45. The van der Waals surface area contributed by atoms with Crippen LogP contribution in [0.15, 0.2) is 24.5 Å². The molecule has 12 heavy (non-hydrogen) atoms. The number of carbonyl (C=O) groups is 1. The molecule has 1 atom stereocenters. The summed E-state index contributed by atoms with van der Waals surface area (Å²) in [5, 5.41) is 0. The predicted molar refractivity (Wildman–Crippen MR) is 48.0 cm³/mol. The Morgan fingerprint density at radius 1 is 1.67 bits per heavy atom. The molecule has 64 valence electrons. The Morgan fingerprint density at radius 3 is 2.92 bits per heavy atom. The second-order valence-electron chi connectivity index (χ2n) is 3.09. The third-order valence-electron chi connectivity index (χ3n) is 1.85. The number of ketones is 1. The van der Waals surface area contributed by atoms with Gasteiger partial charge in [-0.25, -0.2) is 0 Å². The lowest BCUT2D eigenvalue weighted by Gasteiger charge is -2.07. The third kappa shape index (κ3) is 2.46. The molecule has 1 aromatic heterocycles. The van der Waals surface area contributed by atoms with Crippen LogP contribution in [-0.2, 0) is 4.79 Å². The molecule has 2 heteroatoms. The van der Waals surface area contributed by atoms with Crippen LogP contribution in [0.2, 0.25) is 0 Å². The Balaban J connectivity index is 2.65. The first-order chi connectivity index (χ1) is 5.70. The fourth-order valence-corrected chi connectivity index (χ4v) is 1.22. The lowest BCUT2D eigenvalue weighted by molar-refractivity contribution is -0.117. The normalized spacial score (nSPS) is 12.5. The van der Waals surface area contributed by atoms with E-state index in [4.69, 9.17) is 0 Å². The lowest BCUT2D eigenvalue weighted by Crippen LogP contribution is -2.00. The number of hydrogen-bond acceptors (Lipinski definition) is 2. The maximum Gasteiger partial charge on any atom is 0.130 e. The molecule has 0 aliphatic carbocycles. The summed E-state index contributed by atoms with van der Waals surface area (Å²) in [6.07, 6.45) is 4.16. The van der Waals surface area contributed by atoms with Crippen molar-refractivity contribution in [3.8, 4) is 0 Å². The molecule has 0 saturated carbocycles. The molecule has 1 heterocycles. The van der Waals surface area contributed by atoms with E-state index in [-0.39, 0.29) is 11.7 Å². The second kappa shape index (κ2) is 4.00. The number of pyridine rings is 1. The Bertz CT molecular complexity index is 256. The van der Waals surface area contributed by atoms with E-state index in [9.17, 15) is 4.79 Å². The fourth-order valence-electron chi connectivity index (χ4n) is 1.22. The minimum absolute atomic E-state index is 0.228. The molecule has 1 rings (SSSR count). The average molecular weight is 163 g/mol. The fraction of sp³-hybridized carbons (Fsp3) is 0.400. The van der Waals surface area contributed by atoms with Gasteiger partial charge in [0.15, 0.2) is 0 Å². The summed E-state index contributed by atoms with van der Waals surface area (Å²) < 4.78 is 0. The molecule has 0 saturated heterocycles. The highest BCUT2D eigenvalue weighted by Gasteiger charge is 2.06. The van der Waals surface area contributed by atoms with Gasteiger partial charge in [-0.3, -0.25) is 4.98 Å². The predicted octanol–water partition coefficient (Wildman–Crippen LogP) is 2.16. The van der Waals surface area contributed by atoms with Gasteiger partial charge in [0.1, 0.15) is 5.78 Å². The van der Waals surface area contributed by atoms with E-state index >= 15 is 0 Å². The summed E-state index contributed by atoms with van der Waals surface area (Å²) in [5.41, 5.74) is 1.13. The van der Waals surface area contributed by atoms with E-state index < -0.39 is 0 Å². The molecule has 0 bridgehead atoms. The SMILES string of the molecule is CC(=O)C[C@H](C)c1cccnc1. The minimum Gasteiger partial charge on any atom is -0.300 e. The van der Waals surface area contributed by atoms with E-state index in [2.05, 4.69) is 4.98 Å². The topological polar surface area (TPSA) is 30.0 Å². The van der Waals surface area contributed by atoms with Gasteiger partial charge in [-0.15, -0.1) is 0 Å². The van der Waals surface area contributed by atoms with Crippen LogP contribution in [0.5, 0.6) is 0 Å². The minimum atomic E-state index is 0.228. The van der Waals surface area contributed by atoms with E-state index in [1.165, 1.54) is 0 Å². The van der Waals surface area contributed by atoms with Crippen molar-refractivity contribution >= 4 is 5.78 Å². The van der Waals surface area contributed by atoms with Crippen molar-refractivity contribution in [1.82, 2.24) is 4.98 Å². The van der Waals surface area contributed by atoms with Gasteiger partial charge in [-0.2, -0.15) is 0 Å². The highest BCUT2D eigenvalue weighted by Crippen LogP contribution is 2.17. The number of carbonyl (C=O) groups excluding carboxylic acids is 1. The molecule has 1 aromatic rings. The van der Waals surface area contributed by atoms with Crippen LogP contribution in [0.3, 0.4) is 0 Å². The van der Waals surface area contributed by atoms with Crippen LogP contribution in [0.25, 0.3) is 0 Å². The van der Waals surface area contributed by atoms with Crippen LogP contribution in [0.4, 0.5) is 0 Å². The van der Waals surface area contributed by atoms with E-state index in [0.717, 1.165) is 5.56 Å². The summed E-state index contributed by atoms with van der Waals surface area (Å²) >= 11 is 0. The van der Waals surface area contributed by atoms with Crippen molar-refractivity contribution in [2.75, 3.05) is 0 Å². The zero-order chi connectivity index (χ0) is 8.97. The van der Waals surface area contributed by atoms with E-state index in [0.29, 0.717) is 6.42 Å². The summed E-state index contributed by atoms with van der Waals surface area (Å²) in [6.45, 7) is 3.66. The smallest absolute Gasteiger partial charge is 0.130 e. The molecule has 0 spiro atoms. The van der Waals surface area contributed by atoms with Crippen molar-refractivity contribution < 1.29 is 4.79 Å². The largest absolute Gasteiger partial charge is 0.300 e. The summed E-state index contributed by atoms with van der Waals surface area (Å²) in [7, 11) is 0. The van der Waals surface area contributed by atoms with Gasteiger partial charge in [-0.1, -0.05) is 13.0 Å². The van der Waals surface area contributed by atoms with Gasteiger partial charge < -0.3 is 4.79 Å². The average Bonchev–Trinajstić information content (AvgIpc) is 2.05. The maximum atomic E-state index is 10.8. The van der Waals surface area contributed by atoms with Gasteiger partial charge in [0.05, 0.1) is 0 Å². The Hall–Kier alpha value is -1.18. The maximum absolute atomic E-state index is 10.8.